The van der Waals surface area contributed by atoms with Crippen LogP contribution in [0.3, 0.4) is 0 Å². The molecule has 4 aliphatic rings. The number of nitrogens with one attached hydrogen (secondary N) is 15. The number of aliphatic carboxylic acids is 2. The summed E-state index contributed by atoms with van der Waals surface area (Å²) in [5, 5.41) is 57.8. The van der Waals surface area contributed by atoms with Gasteiger partial charge in [-0.3, -0.25) is 120 Å². The molecule has 0 radical (unpaired) electrons. The molecule has 19 amide bonds. The number of hydrogen-bond acceptors (Lipinski definition) is 31. The van der Waals surface area contributed by atoms with Crippen LogP contribution in [-0.2, 0) is 95.9 Å². The first-order chi connectivity index (χ1) is 70.4. The smallest absolute Gasteiger partial charge is 0.305 e. The summed E-state index contributed by atoms with van der Waals surface area (Å²) in [5.74, 6) is -15.9. The highest BCUT2D eigenvalue weighted by atomic mass is 33.1. The van der Waals surface area contributed by atoms with E-state index >= 15 is 0 Å². The van der Waals surface area contributed by atoms with Crippen molar-refractivity contribution in [2.24, 2.45) is 66.6 Å². The summed E-state index contributed by atoms with van der Waals surface area (Å²) < 4.78 is 0. The molecule has 35 N–H and O–H groups in total. The van der Waals surface area contributed by atoms with Gasteiger partial charge in [0.15, 0.2) is 17.9 Å². The molecule has 0 aromatic heterocycles. The maximum Gasteiger partial charge on any atom is 0.305 e. The zero-order chi connectivity index (χ0) is 109. The predicted molar refractivity (Wildman–Crippen MR) is 560 cm³/mol. The van der Waals surface area contributed by atoms with E-state index in [4.69, 9.17) is 51.6 Å². The molecule has 52 nitrogen and oxygen atoms in total. The Balaban J connectivity index is 0.000000340. The van der Waals surface area contributed by atoms with Crippen LogP contribution < -0.4 is 131 Å². The van der Waals surface area contributed by atoms with Crippen LogP contribution in [0.25, 0.3) is 16.8 Å². The monoisotopic (exact) mass is 2170 g/mol. The highest BCUT2D eigenvalue weighted by Crippen LogP contribution is 2.30. The van der Waals surface area contributed by atoms with Gasteiger partial charge in [-0.1, -0.05) is 125 Å². The van der Waals surface area contributed by atoms with Crippen molar-refractivity contribution in [1.82, 2.24) is 74.0 Å². The first kappa shape index (κ1) is 122. The molecule has 4 aromatic rings. The Morgan fingerprint density at radius 3 is 1.22 bits per heavy atom. The second kappa shape index (κ2) is 65.0. The molecule has 10 atom stereocenters. The lowest BCUT2D eigenvalue weighted by atomic mass is 10.0. The highest BCUT2D eigenvalue weighted by Gasteiger charge is 2.40. The molecular formula is C90H124N28O24S6. The molecule has 804 valence electrons. The summed E-state index contributed by atoms with van der Waals surface area (Å²) >= 11 is 0. The summed E-state index contributed by atoms with van der Waals surface area (Å²) in [6.07, 6.45) is 3.48. The third-order valence-electron chi connectivity index (χ3n) is 21.4. The first-order valence-corrected chi connectivity index (χ1v) is 53.8. The molecular weight excluding hydrogens is 2050 g/mol. The van der Waals surface area contributed by atoms with E-state index in [-0.39, 0.29) is 139 Å². The SMILES string of the molecule is CC(=O)C[C@@H]1NC(=O)CNC(=O)[C@H](CCCCN=C(N)N)NC(=O)CCSSC[C@@H](C(N)=O)NC(=O)c2cccc(c2)NC1=O.NC(=O)[C@@H]1CSSCCC(=O)N[C@@H](CCCCN=C(N)N)C(=O)NCC(=O)N[C@@H](CC(=O)O)C(=O)N/C(=C/c2ccccc2)C(=O)N2CCC[C@H]2C(=O)N1.NC(=O)[C@@H]1CSSCCC(=O)N[C@@H](CCCCN=C(N)N)C(=O)NCC(=O)N[C@@H](CC(=O)O)C(=O)Nc2cc(cc3ccccc23)C(=O)N1. The van der Waals surface area contributed by atoms with Crippen molar-refractivity contribution in [3.05, 3.63) is 113 Å². The number of carbonyl (C=O) groups is 22. The van der Waals surface area contributed by atoms with Crippen LogP contribution in [0, 0.1) is 0 Å². The lowest BCUT2D eigenvalue weighted by Gasteiger charge is -2.27. The van der Waals surface area contributed by atoms with E-state index in [1.807, 2.05) is 0 Å². The number of carboxylic acid groups (broad SMARTS) is 2. The van der Waals surface area contributed by atoms with Crippen molar-refractivity contribution >= 4 is 241 Å². The number of carbonyl (C=O) groups excluding carboxylic acids is 20. The van der Waals surface area contributed by atoms with Crippen molar-refractivity contribution < 1.29 is 116 Å². The van der Waals surface area contributed by atoms with Crippen molar-refractivity contribution in [2.45, 2.75) is 176 Å². The molecule has 148 heavy (non-hydrogen) atoms. The number of nitrogens with two attached hydrogens (primary N) is 9. The van der Waals surface area contributed by atoms with Crippen LogP contribution in [-0.4, -0.2) is 304 Å². The van der Waals surface area contributed by atoms with Gasteiger partial charge in [0.2, 0.25) is 94.5 Å². The van der Waals surface area contributed by atoms with E-state index in [9.17, 15) is 116 Å². The number of fused-ring (bicyclic) bond motifs is 7. The van der Waals surface area contributed by atoms with Crippen LogP contribution in [0.15, 0.2) is 112 Å². The number of benzene rings is 4. The Morgan fingerprint density at radius 1 is 0.399 bits per heavy atom. The molecule has 2 saturated heterocycles. The zero-order valence-electron chi connectivity index (χ0n) is 80.5. The third kappa shape index (κ3) is 46.4. The van der Waals surface area contributed by atoms with Crippen molar-refractivity contribution in [3.8, 4) is 0 Å². The van der Waals surface area contributed by atoms with Crippen molar-refractivity contribution in [2.75, 3.05) is 91.0 Å². The predicted octanol–water partition coefficient (Wildman–Crippen LogP) is -4.45. The molecule has 4 aromatic carbocycles. The molecule has 0 unspecified atom stereocenters. The number of anilines is 2. The number of rotatable bonds is 25. The molecule has 4 bridgehead atoms. The van der Waals surface area contributed by atoms with E-state index in [2.05, 4.69) is 94.7 Å². The number of hydrogen-bond donors (Lipinski definition) is 26. The van der Waals surface area contributed by atoms with Crippen molar-refractivity contribution in [1.29, 1.82) is 0 Å². The normalized spacial score (nSPS) is 21.7. The largest absolute Gasteiger partial charge is 0.481 e. The molecule has 58 heteroatoms. The number of guanidine groups is 3. The maximum atomic E-state index is 14.0. The number of primary amides is 3. The van der Waals surface area contributed by atoms with Gasteiger partial charge in [0.1, 0.15) is 71.9 Å². The average molecular weight is 2170 g/mol. The summed E-state index contributed by atoms with van der Waals surface area (Å²) in [6, 6.07) is 12.0. The van der Waals surface area contributed by atoms with Gasteiger partial charge in [0.25, 0.3) is 17.7 Å². The van der Waals surface area contributed by atoms with Gasteiger partial charge in [0, 0.05) is 114 Å². The summed E-state index contributed by atoms with van der Waals surface area (Å²) in [6.45, 7) is 0.482. The second-order valence-electron chi connectivity index (χ2n) is 33.2. The lowest BCUT2D eigenvalue weighted by molar-refractivity contribution is -0.141. The molecule has 2 fully saturated rings. The lowest BCUT2D eigenvalue weighted by Crippen LogP contribution is -2.55. The Labute approximate surface area is 872 Å². The number of Topliss-reactive ketones (excluding diaryl/α,β-unsaturated/α-hetero) is 1. The molecule has 0 aliphatic carbocycles. The first-order valence-electron chi connectivity index (χ1n) is 46.3. The van der Waals surface area contributed by atoms with E-state index in [1.54, 1.807) is 60.7 Å². The number of nitrogens with zero attached hydrogens (tertiary/aromatic N) is 4. The third-order valence-corrected chi connectivity index (χ3v) is 28.6. The number of ketones is 1. The summed E-state index contributed by atoms with van der Waals surface area (Å²) in [4.78, 5) is 294. The van der Waals surface area contributed by atoms with Crippen LogP contribution >= 0.6 is 64.8 Å². The Hall–Kier alpha value is -14.7. The van der Waals surface area contributed by atoms with E-state index in [1.165, 1.54) is 113 Å². The fraction of sp³-hybridized carbons (Fsp3) is 0.456. The van der Waals surface area contributed by atoms with Gasteiger partial charge in [-0.05, 0) is 125 Å². The Bertz CT molecular complexity index is 5540. The molecule has 4 heterocycles. The quantitative estimate of drug-likeness (QED) is 0.00978. The minimum Gasteiger partial charge on any atom is -0.481 e. The minimum atomic E-state index is -1.70. The van der Waals surface area contributed by atoms with E-state index in [0.29, 0.717) is 85.9 Å². The molecule has 8 rings (SSSR count). The molecule has 4 aliphatic heterocycles. The average Bonchev–Trinajstić information content (AvgIpc) is 1.46. The Morgan fingerprint density at radius 2 is 0.797 bits per heavy atom. The fourth-order valence-corrected chi connectivity index (χ4v) is 20.5. The van der Waals surface area contributed by atoms with Gasteiger partial charge in [-0.25, -0.2) is 0 Å². The maximum absolute atomic E-state index is 14.0. The van der Waals surface area contributed by atoms with Gasteiger partial charge in [0.05, 0.1) is 32.5 Å². The van der Waals surface area contributed by atoms with Crippen LogP contribution in [0.5, 0.6) is 0 Å². The standard InChI is InChI=1S/C33H46N10O9S2.C30H39N9O8S2.C27H39N9O7S2/c34-28(48)23-18-54-53-14-11-25(44)39-20(9-4-5-12-37-33(35)36)29(49)38-17-26(45)40-21(16-27(46)47)30(50)41-22(15-19-7-2-1-3-8-19)32(52)43-13-6-10-24(43)31(51)42-23;31-26(44)22-15-49-48-10-8-23(40)36-19(7-3-4-9-34-30(32)33)28(46)35-14-24(41)37-21(13-25(42)43)29(47)38-20-12-17(27(45)39-22)11-16-5-1-2-6-18(16)20;1-15(37)11-19-26(43)33-17-6-4-5-16(12-17)24(41)36-20(23(28)40)14-45-44-10-8-21(38)34-18(7-2-3-9-31-27(29)30)25(42)32-13-22(39)35-19/h1-3,7-8,15,20-21,23-24H,4-6,9-14,16-18H2,(H2,34,48)(H,38,49)(H,39,44)(H,40,45)(H,41,50)(H,42,51)(H,46,47)(H4,35,36,37);1-2,5-6,11-12,19,21-22H,3-4,7-10,13-15H2,(H2,31,44)(H,35,46)(H,36,40)(H,37,41)(H,38,47)(H,39,45)(H,42,43)(H4,32,33,34);4-6,12,18-20H,2-3,7-11,13-14H2,1H3,(H2,28,40)(H,32,42)(H,33,43)(H,34,38)(H,35,39)(H,36,41)(H4,29,30,31)/b22-15+;;/t20-,21-,23-,24-;19-,21-,22-;18-,19-,20-/m000/s1. The Kier molecular flexibility index (Phi) is 53.6. The molecule has 0 saturated carbocycles. The highest BCUT2D eigenvalue weighted by molar-refractivity contribution is 8.77. The second-order valence-corrected chi connectivity index (χ2v) is 41.1. The van der Waals surface area contributed by atoms with Crippen LogP contribution in [0.4, 0.5) is 11.4 Å². The molecule has 0 spiro atoms. The van der Waals surface area contributed by atoms with Gasteiger partial charge < -0.3 is 146 Å². The fourth-order valence-electron chi connectivity index (χ4n) is 14.0. The van der Waals surface area contributed by atoms with Crippen LogP contribution in [0.1, 0.15) is 142 Å². The number of aliphatic imine (C=N–C) groups is 3. The minimum absolute atomic E-state index is 0.00930. The van der Waals surface area contributed by atoms with Gasteiger partial charge >= 0.3 is 11.9 Å². The summed E-state index contributed by atoms with van der Waals surface area (Å²) in [7, 11) is 7.42. The van der Waals surface area contributed by atoms with E-state index in [0.717, 1.165) is 0 Å². The zero-order valence-corrected chi connectivity index (χ0v) is 85.4. The van der Waals surface area contributed by atoms with Crippen molar-refractivity contribution in [3.63, 3.8) is 0 Å². The number of carboxylic acids is 2. The van der Waals surface area contributed by atoms with Gasteiger partial charge in [-0.15, -0.1) is 0 Å². The van der Waals surface area contributed by atoms with E-state index < -0.39 is 217 Å². The number of unbranched alkanes of at least 4 members (excludes halogenated alkanes) is 3. The summed E-state index contributed by atoms with van der Waals surface area (Å²) in [5.41, 5.74) is 49.4. The van der Waals surface area contributed by atoms with Crippen LogP contribution in [0.2, 0.25) is 0 Å². The number of amides is 19. The van der Waals surface area contributed by atoms with Gasteiger partial charge in [-0.2, -0.15) is 0 Å². The topological polar surface area (TPSA) is 871 Å².